The SMILES string of the molecule is CCOC(=O)CCC1(c2cccc(CN)c2)C=Nc2cc(O)ccc21. The van der Waals surface area contributed by atoms with Gasteiger partial charge in [-0.05, 0) is 36.1 Å². The van der Waals surface area contributed by atoms with E-state index in [-0.39, 0.29) is 18.1 Å². The molecule has 5 nitrogen and oxygen atoms in total. The number of phenolic OH excluding ortho intramolecular Hbond substituents is 1. The maximum atomic E-state index is 11.9. The van der Waals surface area contributed by atoms with Crippen LogP contribution in [0.5, 0.6) is 5.75 Å². The van der Waals surface area contributed by atoms with E-state index in [1.807, 2.05) is 30.5 Å². The lowest BCUT2D eigenvalue weighted by Gasteiger charge is -2.29. The molecule has 1 heterocycles. The number of aliphatic imine (C=N–C) groups is 1. The van der Waals surface area contributed by atoms with Gasteiger partial charge in [-0.2, -0.15) is 0 Å². The van der Waals surface area contributed by atoms with Crippen molar-refractivity contribution in [1.82, 2.24) is 0 Å². The number of nitrogens with zero attached hydrogens (tertiary/aromatic N) is 1. The van der Waals surface area contributed by atoms with Crippen LogP contribution in [-0.4, -0.2) is 23.9 Å². The summed E-state index contributed by atoms with van der Waals surface area (Å²) in [6.07, 6.45) is 2.69. The van der Waals surface area contributed by atoms with Crippen LogP contribution in [0, 0.1) is 0 Å². The predicted octanol–water partition coefficient (Wildman–Crippen LogP) is 3.20. The summed E-state index contributed by atoms with van der Waals surface area (Å²) in [5.74, 6) is -0.0507. The summed E-state index contributed by atoms with van der Waals surface area (Å²) in [4.78, 5) is 16.4. The van der Waals surface area contributed by atoms with Crippen molar-refractivity contribution in [2.75, 3.05) is 6.61 Å². The Balaban J connectivity index is 2.04. The van der Waals surface area contributed by atoms with E-state index in [0.29, 0.717) is 19.6 Å². The van der Waals surface area contributed by atoms with E-state index in [2.05, 4.69) is 11.1 Å². The zero-order valence-electron chi connectivity index (χ0n) is 14.2. The van der Waals surface area contributed by atoms with E-state index < -0.39 is 5.41 Å². The molecule has 25 heavy (non-hydrogen) atoms. The highest BCUT2D eigenvalue weighted by Crippen LogP contribution is 2.46. The van der Waals surface area contributed by atoms with Crippen molar-refractivity contribution in [1.29, 1.82) is 0 Å². The van der Waals surface area contributed by atoms with E-state index in [1.165, 1.54) is 0 Å². The van der Waals surface area contributed by atoms with Crippen molar-refractivity contribution in [2.45, 2.75) is 31.7 Å². The molecule has 0 radical (unpaired) electrons. The van der Waals surface area contributed by atoms with E-state index in [4.69, 9.17) is 10.5 Å². The molecule has 0 spiro atoms. The average molecular weight is 338 g/mol. The van der Waals surface area contributed by atoms with Crippen LogP contribution in [-0.2, 0) is 21.5 Å². The zero-order chi connectivity index (χ0) is 17.9. The lowest BCUT2D eigenvalue weighted by atomic mass is 9.72. The van der Waals surface area contributed by atoms with Crippen LogP contribution >= 0.6 is 0 Å². The van der Waals surface area contributed by atoms with Gasteiger partial charge >= 0.3 is 5.97 Å². The van der Waals surface area contributed by atoms with Gasteiger partial charge in [0.15, 0.2) is 0 Å². The van der Waals surface area contributed by atoms with E-state index in [1.54, 1.807) is 19.1 Å². The second-order valence-electron chi connectivity index (χ2n) is 6.14. The Morgan fingerprint density at radius 3 is 2.88 bits per heavy atom. The molecule has 3 rings (SSSR count). The maximum Gasteiger partial charge on any atom is 0.305 e. The fraction of sp³-hybridized carbons (Fsp3) is 0.300. The summed E-state index contributed by atoms with van der Waals surface area (Å²) in [7, 11) is 0. The molecule has 0 fully saturated rings. The van der Waals surface area contributed by atoms with Gasteiger partial charge in [0.05, 0.1) is 17.7 Å². The van der Waals surface area contributed by atoms with E-state index in [0.717, 1.165) is 22.4 Å². The summed E-state index contributed by atoms with van der Waals surface area (Å²) in [5, 5.41) is 9.74. The van der Waals surface area contributed by atoms with Gasteiger partial charge in [-0.25, -0.2) is 0 Å². The number of nitrogens with two attached hydrogens (primary N) is 1. The Kier molecular flexibility index (Phi) is 4.86. The molecule has 0 bridgehead atoms. The number of fused-ring (bicyclic) bond motifs is 1. The monoisotopic (exact) mass is 338 g/mol. The minimum absolute atomic E-state index is 0.174. The number of hydrogen-bond donors (Lipinski definition) is 2. The third-order valence-corrected chi connectivity index (χ3v) is 4.59. The molecule has 5 heteroatoms. The van der Waals surface area contributed by atoms with Crippen molar-refractivity contribution < 1.29 is 14.6 Å². The maximum absolute atomic E-state index is 11.9. The van der Waals surface area contributed by atoms with Crippen LogP contribution in [0.15, 0.2) is 47.5 Å². The summed E-state index contributed by atoms with van der Waals surface area (Å²) in [6, 6.07) is 13.2. The Bertz CT molecular complexity index is 816. The van der Waals surface area contributed by atoms with Crippen LogP contribution in [0.25, 0.3) is 0 Å². The van der Waals surface area contributed by atoms with Gasteiger partial charge in [0.2, 0.25) is 0 Å². The van der Waals surface area contributed by atoms with Gasteiger partial charge in [-0.3, -0.25) is 9.79 Å². The first kappa shape index (κ1) is 17.2. The van der Waals surface area contributed by atoms with Crippen molar-refractivity contribution in [2.24, 2.45) is 10.7 Å². The molecule has 0 amide bonds. The number of carbonyl (C=O) groups is 1. The fourth-order valence-electron chi connectivity index (χ4n) is 3.34. The first-order valence-electron chi connectivity index (χ1n) is 8.43. The second-order valence-corrected chi connectivity index (χ2v) is 6.14. The van der Waals surface area contributed by atoms with E-state index in [9.17, 15) is 9.90 Å². The number of aromatic hydroxyl groups is 1. The molecule has 0 saturated carbocycles. The molecule has 1 aliphatic heterocycles. The number of phenols is 1. The molecule has 3 N–H and O–H groups in total. The predicted molar refractivity (Wildman–Crippen MR) is 97.2 cm³/mol. The summed E-state index contributed by atoms with van der Waals surface area (Å²) in [6.45, 7) is 2.61. The van der Waals surface area contributed by atoms with Gasteiger partial charge in [-0.15, -0.1) is 0 Å². The first-order chi connectivity index (χ1) is 12.1. The topological polar surface area (TPSA) is 84.9 Å². The van der Waals surface area contributed by atoms with Crippen LogP contribution in [0.1, 0.15) is 36.5 Å². The summed E-state index contributed by atoms with van der Waals surface area (Å²) in [5.41, 5.74) is 9.03. The van der Waals surface area contributed by atoms with Crippen molar-refractivity contribution >= 4 is 17.9 Å². The van der Waals surface area contributed by atoms with Gasteiger partial charge in [0.25, 0.3) is 0 Å². The standard InChI is InChI=1S/C20H22N2O3/c1-2-25-19(24)8-9-20(15-5-3-4-14(10-15)12-21)13-22-18-11-16(23)6-7-17(18)20/h3-7,10-11,13,23H,2,8-9,12,21H2,1H3. The largest absolute Gasteiger partial charge is 0.508 e. The fourth-order valence-corrected chi connectivity index (χ4v) is 3.34. The molecule has 130 valence electrons. The highest BCUT2D eigenvalue weighted by molar-refractivity contribution is 5.90. The lowest BCUT2D eigenvalue weighted by Crippen LogP contribution is -2.29. The minimum atomic E-state index is -0.527. The smallest absolute Gasteiger partial charge is 0.305 e. The van der Waals surface area contributed by atoms with Crippen molar-refractivity contribution in [3.8, 4) is 5.75 Å². The first-order valence-corrected chi connectivity index (χ1v) is 8.43. The average Bonchev–Trinajstić information content (AvgIpc) is 2.99. The number of esters is 1. The molecule has 1 atom stereocenters. The van der Waals surface area contributed by atoms with Crippen LogP contribution < -0.4 is 5.73 Å². The molecule has 2 aromatic carbocycles. The Hall–Kier alpha value is -2.66. The number of ether oxygens (including phenoxy) is 1. The Morgan fingerprint density at radius 2 is 2.12 bits per heavy atom. The number of rotatable bonds is 6. The Morgan fingerprint density at radius 1 is 1.28 bits per heavy atom. The Labute approximate surface area is 147 Å². The third kappa shape index (κ3) is 3.28. The normalized spacial score (nSPS) is 18.2. The van der Waals surface area contributed by atoms with Crippen LogP contribution in [0.4, 0.5) is 5.69 Å². The zero-order valence-corrected chi connectivity index (χ0v) is 14.2. The van der Waals surface area contributed by atoms with Crippen molar-refractivity contribution in [3.05, 3.63) is 59.2 Å². The highest BCUT2D eigenvalue weighted by atomic mass is 16.5. The minimum Gasteiger partial charge on any atom is -0.508 e. The quantitative estimate of drug-likeness (QED) is 0.792. The van der Waals surface area contributed by atoms with Gasteiger partial charge in [0, 0.05) is 25.2 Å². The molecular weight excluding hydrogens is 316 g/mol. The van der Waals surface area contributed by atoms with Crippen LogP contribution in [0.2, 0.25) is 0 Å². The van der Waals surface area contributed by atoms with Gasteiger partial charge < -0.3 is 15.6 Å². The van der Waals surface area contributed by atoms with Crippen molar-refractivity contribution in [3.63, 3.8) is 0 Å². The molecule has 1 unspecified atom stereocenters. The lowest BCUT2D eigenvalue weighted by molar-refractivity contribution is -0.143. The third-order valence-electron chi connectivity index (χ3n) is 4.59. The van der Waals surface area contributed by atoms with Gasteiger partial charge in [0.1, 0.15) is 5.75 Å². The molecule has 2 aromatic rings. The van der Waals surface area contributed by atoms with Crippen LogP contribution in [0.3, 0.4) is 0 Å². The molecule has 0 aliphatic carbocycles. The summed E-state index contributed by atoms with van der Waals surface area (Å²) < 4.78 is 5.09. The highest BCUT2D eigenvalue weighted by Gasteiger charge is 2.38. The molecule has 1 aliphatic rings. The number of benzene rings is 2. The molecule has 0 saturated heterocycles. The van der Waals surface area contributed by atoms with Gasteiger partial charge in [-0.1, -0.05) is 30.3 Å². The summed E-state index contributed by atoms with van der Waals surface area (Å²) >= 11 is 0. The number of hydrogen-bond acceptors (Lipinski definition) is 5. The van der Waals surface area contributed by atoms with E-state index >= 15 is 0 Å². The molecular formula is C20H22N2O3. The molecule has 0 aromatic heterocycles. The number of carbonyl (C=O) groups excluding carboxylic acids is 1. The second kappa shape index (κ2) is 7.07.